The number of carbonyl (C=O) groups is 3. The Bertz CT molecular complexity index is 1230. The smallest absolute Gasteiger partial charge is 0.545 e. The van der Waals surface area contributed by atoms with Crippen molar-refractivity contribution in [3.8, 4) is 11.5 Å². The molecule has 4 rings (SSSR count). The van der Waals surface area contributed by atoms with Crippen LogP contribution in [0.2, 0.25) is 0 Å². The van der Waals surface area contributed by atoms with E-state index in [0.29, 0.717) is 23.3 Å². The van der Waals surface area contributed by atoms with Crippen LogP contribution >= 0.6 is 0 Å². The summed E-state index contributed by atoms with van der Waals surface area (Å²) in [6, 6.07) is 10.1. The number of benzene rings is 2. The molecule has 2 aliphatic rings. The third-order valence-corrected chi connectivity index (χ3v) is 5.05. The van der Waals surface area contributed by atoms with Crippen LogP contribution in [0.3, 0.4) is 0 Å². The zero-order chi connectivity index (χ0) is 24.7. The van der Waals surface area contributed by atoms with Crippen molar-refractivity contribution in [1.82, 2.24) is 0 Å². The first-order valence-corrected chi connectivity index (χ1v) is 10.1. The zero-order valence-corrected chi connectivity index (χ0v) is 23.7. The standard InChI is InChI=1S/C24H19O7.CO2.2Na/c25-17(12-30-20-8-2-5-14-4-1-7-18(26)22(14)20)13-31-21-9-3-6-15-10-16(24(28)29)11-19(27)23(15)21;2-1-3;;/h2-3,5-9,11,17,25H,4,10,12-13H2,(H,28,29);;;/q-1;;2*+1/p-1. The first-order valence-electron chi connectivity index (χ1n) is 10.1. The average Bonchev–Trinajstić information content (AvgIpc) is 2.81. The van der Waals surface area contributed by atoms with Gasteiger partial charge in [-0.15, -0.1) is 0 Å². The third kappa shape index (κ3) is 7.83. The van der Waals surface area contributed by atoms with E-state index in [1.807, 2.05) is 6.07 Å². The summed E-state index contributed by atoms with van der Waals surface area (Å²) >= 11 is 0. The van der Waals surface area contributed by atoms with Crippen LogP contribution in [-0.4, -0.2) is 48.1 Å². The fourth-order valence-electron chi connectivity index (χ4n) is 3.61. The Morgan fingerprint density at radius 2 is 1.50 bits per heavy atom. The van der Waals surface area contributed by atoms with Gasteiger partial charge in [-0.3, -0.25) is 10.9 Å². The number of fused-ring (bicyclic) bond motifs is 2. The minimum Gasteiger partial charge on any atom is -0.545 e. The molecule has 0 spiro atoms. The van der Waals surface area contributed by atoms with Gasteiger partial charge in [-0.1, -0.05) is 36.2 Å². The van der Waals surface area contributed by atoms with E-state index in [9.17, 15) is 24.6 Å². The van der Waals surface area contributed by atoms with Crippen LogP contribution in [0, 0.1) is 6.08 Å². The summed E-state index contributed by atoms with van der Waals surface area (Å²) in [5.41, 5.74) is 1.98. The number of aliphatic hydroxyl groups excluding tert-OH is 1. The molecule has 0 saturated carbocycles. The fraction of sp³-hybridized carbons (Fsp3) is 0.200. The molecule has 1 atom stereocenters. The maximum atomic E-state index is 12.4. The summed E-state index contributed by atoms with van der Waals surface area (Å²) in [6.07, 6.45) is 5.11. The van der Waals surface area contributed by atoms with E-state index < -0.39 is 17.9 Å². The van der Waals surface area contributed by atoms with Crippen molar-refractivity contribution in [3.05, 3.63) is 82.5 Å². The Morgan fingerprint density at radius 3 is 2.06 bits per heavy atom. The van der Waals surface area contributed by atoms with Crippen molar-refractivity contribution in [1.29, 1.82) is 0 Å². The number of carbonyl (C=O) groups excluding carboxylic acids is 5. The molecule has 2 aliphatic carbocycles. The van der Waals surface area contributed by atoms with Gasteiger partial charge in [0.15, 0.2) is 5.78 Å². The van der Waals surface area contributed by atoms with Crippen LogP contribution in [0.15, 0.2) is 54.1 Å². The van der Waals surface area contributed by atoms with Crippen molar-refractivity contribution in [2.75, 3.05) is 13.2 Å². The molecule has 0 bridgehead atoms. The molecule has 0 amide bonds. The third-order valence-electron chi connectivity index (χ3n) is 5.05. The van der Waals surface area contributed by atoms with Gasteiger partial charge in [0.25, 0.3) is 0 Å². The quantitative estimate of drug-likeness (QED) is 0.286. The van der Waals surface area contributed by atoms with E-state index in [1.54, 1.807) is 30.3 Å². The molecule has 1 N–H and O–H groups in total. The maximum absolute atomic E-state index is 12.4. The number of carboxylic acid groups (broad SMARTS) is 1. The summed E-state index contributed by atoms with van der Waals surface area (Å²) in [6.45, 7) is -0.272. The SMILES string of the molecule is O=C([O-])C1=CC(=O)c2c(cccc2OCC(O)COc2cccc3c2C(=O)C=[C-]C3)C1.O=C=O.[Na+].[Na+]. The first-order chi connectivity index (χ1) is 16.3. The fourth-order valence-corrected chi connectivity index (χ4v) is 3.61. The van der Waals surface area contributed by atoms with Crippen molar-refractivity contribution < 1.29 is 103 Å². The van der Waals surface area contributed by atoms with Crippen LogP contribution in [0.4, 0.5) is 0 Å². The van der Waals surface area contributed by atoms with Gasteiger partial charge in [0, 0.05) is 12.2 Å². The molecule has 0 radical (unpaired) electrons. The number of hydrogen-bond donors (Lipinski definition) is 1. The van der Waals surface area contributed by atoms with Crippen LogP contribution < -0.4 is 73.7 Å². The second-order valence-corrected chi connectivity index (χ2v) is 7.33. The summed E-state index contributed by atoms with van der Waals surface area (Å²) < 4.78 is 11.3. The molecule has 0 aliphatic heterocycles. The molecule has 0 saturated heterocycles. The van der Waals surface area contributed by atoms with Gasteiger partial charge in [-0.2, -0.15) is 15.7 Å². The van der Waals surface area contributed by atoms with E-state index in [0.717, 1.165) is 11.6 Å². The van der Waals surface area contributed by atoms with E-state index in [4.69, 9.17) is 19.1 Å². The largest absolute Gasteiger partial charge is 1.00 e. The molecule has 2 aromatic rings. The molecule has 0 heterocycles. The first kappa shape index (κ1) is 31.7. The summed E-state index contributed by atoms with van der Waals surface area (Å²) in [4.78, 5) is 51.8. The number of ether oxygens (including phenoxy) is 2. The second kappa shape index (κ2) is 15.0. The second-order valence-electron chi connectivity index (χ2n) is 7.33. The van der Waals surface area contributed by atoms with Crippen LogP contribution in [0.1, 0.15) is 31.8 Å². The molecule has 11 heteroatoms. The molecule has 174 valence electrons. The Hall–Kier alpha value is -2.33. The number of aliphatic carboxylic acids is 1. The van der Waals surface area contributed by atoms with Crippen LogP contribution in [0.25, 0.3) is 0 Å². The predicted octanol–water partition coefficient (Wildman–Crippen LogP) is -5.56. The van der Waals surface area contributed by atoms with Gasteiger partial charge < -0.3 is 29.3 Å². The topological polar surface area (TPSA) is 147 Å². The molecular formula is C25H18Na2O9. The van der Waals surface area contributed by atoms with Crippen molar-refractivity contribution in [2.24, 2.45) is 0 Å². The van der Waals surface area contributed by atoms with E-state index in [1.165, 1.54) is 6.08 Å². The Kier molecular flexibility index (Phi) is 13.2. The molecule has 0 fully saturated rings. The Morgan fingerprint density at radius 1 is 0.972 bits per heavy atom. The van der Waals surface area contributed by atoms with E-state index >= 15 is 0 Å². The van der Waals surface area contributed by atoms with Gasteiger partial charge in [-0.25, -0.2) is 0 Å². The van der Waals surface area contributed by atoms with E-state index in [2.05, 4.69) is 6.08 Å². The minimum atomic E-state index is -1.38. The summed E-state index contributed by atoms with van der Waals surface area (Å²) in [5.74, 6) is -1.43. The Labute approximate surface area is 250 Å². The number of aliphatic hydroxyl groups is 1. The Balaban J connectivity index is 0.00000123. The number of rotatable bonds is 7. The van der Waals surface area contributed by atoms with Crippen molar-refractivity contribution in [2.45, 2.75) is 18.9 Å². The molecular weight excluding hydrogens is 490 g/mol. The summed E-state index contributed by atoms with van der Waals surface area (Å²) in [5, 5.41) is 21.4. The molecule has 9 nitrogen and oxygen atoms in total. The van der Waals surface area contributed by atoms with Gasteiger partial charge in [0.05, 0.1) is 11.5 Å². The van der Waals surface area contributed by atoms with Gasteiger partial charge in [0.1, 0.15) is 30.8 Å². The van der Waals surface area contributed by atoms with Gasteiger partial charge in [-0.05, 0) is 34.9 Å². The molecule has 1 unspecified atom stereocenters. The number of allylic oxidation sites excluding steroid dienone is 3. The average molecular weight is 508 g/mol. The van der Waals surface area contributed by atoms with Crippen molar-refractivity contribution in [3.63, 3.8) is 0 Å². The molecule has 36 heavy (non-hydrogen) atoms. The summed E-state index contributed by atoms with van der Waals surface area (Å²) in [7, 11) is 0. The number of ketones is 2. The van der Waals surface area contributed by atoms with Crippen molar-refractivity contribution >= 4 is 23.7 Å². The van der Waals surface area contributed by atoms with Crippen LogP contribution in [0.5, 0.6) is 11.5 Å². The van der Waals surface area contributed by atoms with Crippen LogP contribution in [-0.2, 0) is 27.2 Å². The van der Waals surface area contributed by atoms with E-state index in [-0.39, 0.29) is 108 Å². The maximum Gasteiger partial charge on any atom is 1.00 e. The molecule has 2 aromatic carbocycles. The minimum absolute atomic E-state index is 0. The van der Waals surface area contributed by atoms with Gasteiger partial charge in [0.2, 0.25) is 0 Å². The number of carboxylic acids is 1. The molecule has 0 aromatic heterocycles. The normalized spacial score (nSPS) is 13.6. The zero-order valence-electron chi connectivity index (χ0n) is 19.7. The predicted molar refractivity (Wildman–Crippen MR) is 112 cm³/mol. The number of hydrogen-bond acceptors (Lipinski definition) is 9. The monoisotopic (exact) mass is 508 g/mol. The van der Waals surface area contributed by atoms with Gasteiger partial charge >= 0.3 is 65.3 Å².